The van der Waals surface area contributed by atoms with Gasteiger partial charge in [-0.05, 0) is 47.5 Å². The maximum Gasteiger partial charge on any atom is 0.139 e. The highest BCUT2D eigenvalue weighted by atomic mass is 79.9. The summed E-state index contributed by atoms with van der Waals surface area (Å²) in [5.74, 6) is 1.72. The van der Waals surface area contributed by atoms with Crippen molar-refractivity contribution in [2.24, 2.45) is 0 Å². The van der Waals surface area contributed by atoms with E-state index in [4.69, 9.17) is 11.6 Å². The highest BCUT2D eigenvalue weighted by Crippen LogP contribution is 2.29. The van der Waals surface area contributed by atoms with Crippen molar-refractivity contribution in [1.82, 2.24) is 9.97 Å². The Kier molecular flexibility index (Phi) is 5.82. The van der Waals surface area contributed by atoms with Crippen LogP contribution in [0.4, 0.5) is 17.3 Å². The summed E-state index contributed by atoms with van der Waals surface area (Å²) in [5, 5.41) is 7.32. The fourth-order valence-electron chi connectivity index (χ4n) is 2.04. The second-order valence-electron chi connectivity index (χ2n) is 4.58. The molecule has 1 aromatic carbocycles. The first-order chi connectivity index (χ1) is 10.2. The molecule has 112 valence electrons. The van der Waals surface area contributed by atoms with Crippen LogP contribution in [0.3, 0.4) is 0 Å². The van der Waals surface area contributed by atoms with Crippen LogP contribution < -0.4 is 10.6 Å². The Morgan fingerprint density at radius 1 is 1.19 bits per heavy atom. The molecule has 0 saturated carbocycles. The molecule has 0 unspecified atom stereocenters. The lowest BCUT2D eigenvalue weighted by Crippen LogP contribution is -2.08. The summed E-state index contributed by atoms with van der Waals surface area (Å²) < 4.78 is 0.854. The average Bonchev–Trinajstić information content (AvgIpc) is 2.46. The van der Waals surface area contributed by atoms with E-state index < -0.39 is 0 Å². The largest absolute Gasteiger partial charge is 0.370 e. The molecule has 0 atom stereocenters. The Bertz CT molecular complexity index is 619. The van der Waals surface area contributed by atoms with Gasteiger partial charge in [-0.2, -0.15) is 0 Å². The molecule has 2 aromatic rings. The summed E-state index contributed by atoms with van der Waals surface area (Å²) >= 11 is 9.45. The molecule has 2 rings (SSSR count). The molecule has 1 heterocycles. The molecule has 21 heavy (non-hydrogen) atoms. The quantitative estimate of drug-likeness (QED) is 0.750. The van der Waals surface area contributed by atoms with Crippen LogP contribution in [0.2, 0.25) is 5.02 Å². The zero-order valence-electron chi connectivity index (χ0n) is 12.1. The Labute approximate surface area is 138 Å². The Hall–Kier alpha value is -1.33. The Balaban J connectivity index is 2.33. The highest BCUT2D eigenvalue weighted by molar-refractivity contribution is 9.10. The van der Waals surface area contributed by atoms with Gasteiger partial charge in [0.05, 0.1) is 5.02 Å². The summed E-state index contributed by atoms with van der Waals surface area (Å²) in [6, 6.07) is 5.71. The number of hydrogen-bond donors (Lipinski definition) is 2. The SMILES string of the molecule is CCCc1c(NCC)ncnc1Nc1ccc(Cl)c(Br)c1. The van der Waals surface area contributed by atoms with Crippen molar-refractivity contribution in [2.75, 3.05) is 17.2 Å². The maximum atomic E-state index is 6.02. The van der Waals surface area contributed by atoms with Gasteiger partial charge in [0.2, 0.25) is 0 Å². The molecule has 2 N–H and O–H groups in total. The van der Waals surface area contributed by atoms with Gasteiger partial charge in [0.1, 0.15) is 18.0 Å². The standard InChI is InChI=1S/C15H18BrClN4/c1-3-5-11-14(18-4-2)19-9-20-15(11)21-10-6-7-13(17)12(16)8-10/h6-9H,3-5H2,1-2H3,(H2,18,19,20,21). The monoisotopic (exact) mass is 368 g/mol. The van der Waals surface area contributed by atoms with Crippen molar-refractivity contribution in [3.63, 3.8) is 0 Å². The number of anilines is 3. The van der Waals surface area contributed by atoms with Gasteiger partial charge in [0, 0.05) is 22.3 Å². The van der Waals surface area contributed by atoms with E-state index in [9.17, 15) is 0 Å². The highest BCUT2D eigenvalue weighted by Gasteiger charge is 2.11. The van der Waals surface area contributed by atoms with Crippen molar-refractivity contribution in [3.05, 3.63) is 39.6 Å². The van der Waals surface area contributed by atoms with Crippen LogP contribution in [0, 0.1) is 0 Å². The molecule has 0 aliphatic rings. The number of nitrogens with one attached hydrogen (secondary N) is 2. The van der Waals surface area contributed by atoms with Crippen LogP contribution >= 0.6 is 27.5 Å². The molecule has 0 aliphatic heterocycles. The zero-order chi connectivity index (χ0) is 15.2. The molecule has 0 saturated heterocycles. The van der Waals surface area contributed by atoms with E-state index in [1.54, 1.807) is 6.33 Å². The fourth-order valence-corrected chi connectivity index (χ4v) is 2.53. The van der Waals surface area contributed by atoms with Gasteiger partial charge in [-0.1, -0.05) is 24.9 Å². The zero-order valence-corrected chi connectivity index (χ0v) is 14.4. The fraction of sp³-hybridized carbons (Fsp3) is 0.333. The lowest BCUT2D eigenvalue weighted by molar-refractivity contribution is 0.902. The smallest absolute Gasteiger partial charge is 0.139 e. The number of rotatable bonds is 6. The second-order valence-corrected chi connectivity index (χ2v) is 5.85. The molecule has 1 aromatic heterocycles. The number of aromatic nitrogens is 2. The summed E-state index contributed by atoms with van der Waals surface area (Å²) in [5.41, 5.74) is 2.04. The molecule has 0 amide bonds. The van der Waals surface area contributed by atoms with Crippen LogP contribution in [0.15, 0.2) is 29.0 Å². The molecule has 0 aliphatic carbocycles. The third-order valence-electron chi connectivity index (χ3n) is 2.97. The van der Waals surface area contributed by atoms with Gasteiger partial charge in [0.25, 0.3) is 0 Å². The first-order valence-electron chi connectivity index (χ1n) is 6.95. The first kappa shape index (κ1) is 16.0. The van der Waals surface area contributed by atoms with Crippen molar-refractivity contribution in [3.8, 4) is 0 Å². The number of benzene rings is 1. The van der Waals surface area contributed by atoms with Gasteiger partial charge in [-0.25, -0.2) is 9.97 Å². The lowest BCUT2D eigenvalue weighted by atomic mass is 10.1. The van der Waals surface area contributed by atoms with Crippen LogP contribution in [-0.2, 0) is 6.42 Å². The topological polar surface area (TPSA) is 49.8 Å². The van der Waals surface area contributed by atoms with Crippen molar-refractivity contribution >= 4 is 44.9 Å². The predicted octanol–water partition coefficient (Wildman–Crippen LogP) is 5.02. The molecular formula is C15H18BrClN4. The minimum Gasteiger partial charge on any atom is -0.370 e. The predicted molar refractivity (Wildman–Crippen MR) is 92.6 cm³/mol. The Morgan fingerprint density at radius 2 is 1.95 bits per heavy atom. The summed E-state index contributed by atoms with van der Waals surface area (Å²) in [7, 11) is 0. The number of halogens is 2. The third-order valence-corrected chi connectivity index (χ3v) is 4.19. The molecule has 0 bridgehead atoms. The van der Waals surface area contributed by atoms with E-state index in [2.05, 4.69) is 50.4 Å². The van der Waals surface area contributed by atoms with E-state index in [0.717, 1.165) is 46.7 Å². The summed E-state index contributed by atoms with van der Waals surface area (Å²) in [6.07, 6.45) is 3.52. The minimum absolute atomic E-state index is 0.686. The number of hydrogen-bond acceptors (Lipinski definition) is 4. The molecule has 4 nitrogen and oxygen atoms in total. The summed E-state index contributed by atoms with van der Waals surface area (Å²) in [4.78, 5) is 8.71. The van der Waals surface area contributed by atoms with Gasteiger partial charge >= 0.3 is 0 Å². The Morgan fingerprint density at radius 3 is 2.62 bits per heavy atom. The normalized spacial score (nSPS) is 10.5. The van der Waals surface area contributed by atoms with Crippen molar-refractivity contribution in [1.29, 1.82) is 0 Å². The van der Waals surface area contributed by atoms with Gasteiger partial charge < -0.3 is 10.6 Å². The van der Waals surface area contributed by atoms with Gasteiger partial charge in [-0.3, -0.25) is 0 Å². The minimum atomic E-state index is 0.686. The van der Waals surface area contributed by atoms with Crippen LogP contribution in [0.1, 0.15) is 25.8 Å². The lowest BCUT2D eigenvalue weighted by Gasteiger charge is -2.14. The van der Waals surface area contributed by atoms with E-state index in [1.807, 2.05) is 18.2 Å². The number of nitrogens with zero attached hydrogens (tertiary/aromatic N) is 2. The van der Waals surface area contributed by atoms with Crippen LogP contribution in [-0.4, -0.2) is 16.5 Å². The second kappa shape index (κ2) is 7.61. The average molecular weight is 370 g/mol. The molecule has 0 spiro atoms. The van der Waals surface area contributed by atoms with Crippen LogP contribution in [0.25, 0.3) is 0 Å². The molecule has 0 radical (unpaired) electrons. The van der Waals surface area contributed by atoms with Crippen LogP contribution in [0.5, 0.6) is 0 Å². The van der Waals surface area contributed by atoms with Gasteiger partial charge in [0.15, 0.2) is 0 Å². The maximum absolute atomic E-state index is 6.02. The van der Waals surface area contributed by atoms with E-state index in [1.165, 1.54) is 0 Å². The van der Waals surface area contributed by atoms with Crippen molar-refractivity contribution in [2.45, 2.75) is 26.7 Å². The van der Waals surface area contributed by atoms with Gasteiger partial charge in [-0.15, -0.1) is 0 Å². The van der Waals surface area contributed by atoms with E-state index in [0.29, 0.717) is 5.02 Å². The summed E-state index contributed by atoms with van der Waals surface area (Å²) in [6.45, 7) is 5.03. The van der Waals surface area contributed by atoms with E-state index in [-0.39, 0.29) is 0 Å². The molecule has 0 fully saturated rings. The molecular weight excluding hydrogens is 352 g/mol. The van der Waals surface area contributed by atoms with Crippen molar-refractivity contribution < 1.29 is 0 Å². The first-order valence-corrected chi connectivity index (χ1v) is 8.12. The molecule has 6 heteroatoms. The van der Waals surface area contributed by atoms with E-state index >= 15 is 0 Å². The third kappa shape index (κ3) is 4.08.